The standard InChI is InChI=1S/C4H6N4S.ClH/c5-4(8-6)3-1-7-2-9-3;/h1-2H,6H2,(H2,5,8);1H. The molecule has 0 amide bonds. The summed E-state index contributed by atoms with van der Waals surface area (Å²) in [7, 11) is 0. The molecule has 0 spiro atoms. The minimum Gasteiger partial charge on any atom is -0.381 e. The zero-order valence-electron chi connectivity index (χ0n) is 5.02. The van der Waals surface area contributed by atoms with Gasteiger partial charge in [0.2, 0.25) is 0 Å². The molecule has 0 atom stereocenters. The molecular weight excluding hydrogens is 172 g/mol. The average Bonchev–Trinajstić information content (AvgIpc) is 2.37. The number of nitrogens with two attached hydrogens (primary N) is 2. The number of thiazole rings is 1. The summed E-state index contributed by atoms with van der Waals surface area (Å²) in [6.45, 7) is 0. The van der Waals surface area contributed by atoms with E-state index in [0.717, 1.165) is 4.88 Å². The Morgan fingerprint density at radius 2 is 2.40 bits per heavy atom. The van der Waals surface area contributed by atoms with Crippen LogP contribution in [0.5, 0.6) is 0 Å². The molecule has 0 aliphatic heterocycles. The van der Waals surface area contributed by atoms with Crippen molar-refractivity contribution in [2.24, 2.45) is 16.7 Å². The number of rotatable bonds is 1. The fourth-order valence-electron chi connectivity index (χ4n) is 0.406. The van der Waals surface area contributed by atoms with Crippen LogP contribution in [0.4, 0.5) is 0 Å². The first-order valence-corrected chi connectivity index (χ1v) is 3.15. The minimum absolute atomic E-state index is 0. The third kappa shape index (κ3) is 1.85. The van der Waals surface area contributed by atoms with Crippen molar-refractivity contribution in [1.29, 1.82) is 0 Å². The average molecular weight is 179 g/mol. The lowest BCUT2D eigenvalue weighted by molar-refractivity contribution is 1.23. The van der Waals surface area contributed by atoms with E-state index in [-0.39, 0.29) is 12.4 Å². The Hall–Kier alpha value is -0.810. The van der Waals surface area contributed by atoms with Gasteiger partial charge >= 0.3 is 0 Å². The number of hydrazone groups is 1. The van der Waals surface area contributed by atoms with Crippen LogP contribution < -0.4 is 11.6 Å². The molecule has 56 valence electrons. The normalized spacial score (nSPS) is 10.6. The molecule has 0 saturated heterocycles. The highest BCUT2D eigenvalue weighted by atomic mass is 35.5. The number of hydrogen-bond donors (Lipinski definition) is 2. The number of amidine groups is 1. The quantitative estimate of drug-likeness (QED) is 0.278. The highest BCUT2D eigenvalue weighted by Crippen LogP contribution is 2.02. The first-order chi connectivity index (χ1) is 4.34. The van der Waals surface area contributed by atoms with Crippen molar-refractivity contribution in [3.05, 3.63) is 16.6 Å². The van der Waals surface area contributed by atoms with E-state index in [1.807, 2.05) is 0 Å². The summed E-state index contributed by atoms with van der Waals surface area (Å²) in [6, 6.07) is 0. The maximum atomic E-state index is 5.33. The molecule has 1 rings (SSSR count). The van der Waals surface area contributed by atoms with Crippen molar-refractivity contribution in [2.75, 3.05) is 0 Å². The van der Waals surface area contributed by atoms with E-state index in [1.165, 1.54) is 11.3 Å². The Kier molecular flexibility index (Phi) is 3.75. The summed E-state index contributed by atoms with van der Waals surface area (Å²) in [6.07, 6.45) is 1.62. The van der Waals surface area contributed by atoms with Gasteiger partial charge in [-0.15, -0.1) is 23.7 Å². The molecule has 0 aliphatic carbocycles. The van der Waals surface area contributed by atoms with E-state index in [4.69, 9.17) is 11.6 Å². The van der Waals surface area contributed by atoms with E-state index in [2.05, 4.69) is 10.1 Å². The van der Waals surface area contributed by atoms with E-state index in [9.17, 15) is 0 Å². The zero-order valence-corrected chi connectivity index (χ0v) is 6.65. The van der Waals surface area contributed by atoms with Crippen LogP contribution in [0.3, 0.4) is 0 Å². The Morgan fingerprint density at radius 3 is 2.80 bits per heavy atom. The van der Waals surface area contributed by atoms with Crippen LogP contribution in [0, 0.1) is 0 Å². The first-order valence-electron chi connectivity index (χ1n) is 2.27. The van der Waals surface area contributed by atoms with Gasteiger partial charge < -0.3 is 11.6 Å². The van der Waals surface area contributed by atoms with Crippen LogP contribution in [0.25, 0.3) is 0 Å². The van der Waals surface area contributed by atoms with Crippen LogP contribution in [0.1, 0.15) is 4.88 Å². The minimum atomic E-state index is 0. The molecule has 1 heterocycles. The molecule has 0 unspecified atom stereocenters. The van der Waals surface area contributed by atoms with Crippen molar-refractivity contribution >= 4 is 29.6 Å². The third-order valence-electron chi connectivity index (χ3n) is 0.824. The van der Waals surface area contributed by atoms with Crippen LogP contribution in [0.2, 0.25) is 0 Å². The smallest absolute Gasteiger partial charge is 0.162 e. The second-order valence-corrected chi connectivity index (χ2v) is 2.27. The fraction of sp³-hybridized carbons (Fsp3) is 0. The molecule has 10 heavy (non-hydrogen) atoms. The Bertz CT molecular complexity index is 207. The van der Waals surface area contributed by atoms with E-state index in [0.29, 0.717) is 5.84 Å². The molecule has 0 saturated carbocycles. The predicted octanol–water partition coefficient (Wildman–Crippen LogP) is 0.144. The maximum Gasteiger partial charge on any atom is 0.162 e. The first kappa shape index (κ1) is 9.19. The summed E-state index contributed by atoms with van der Waals surface area (Å²) in [5, 5.41) is 3.30. The summed E-state index contributed by atoms with van der Waals surface area (Å²) in [5.74, 6) is 5.24. The molecule has 1 aromatic heterocycles. The molecule has 0 aromatic carbocycles. The van der Waals surface area contributed by atoms with Crippen molar-refractivity contribution in [3.8, 4) is 0 Å². The topological polar surface area (TPSA) is 77.3 Å². The number of halogens is 1. The summed E-state index contributed by atoms with van der Waals surface area (Å²) >= 11 is 1.41. The van der Waals surface area contributed by atoms with Gasteiger partial charge in [0, 0.05) is 6.20 Å². The van der Waals surface area contributed by atoms with Crippen molar-refractivity contribution in [2.45, 2.75) is 0 Å². The van der Waals surface area contributed by atoms with Gasteiger partial charge in [0.15, 0.2) is 5.84 Å². The van der Waals surface area contributed by atoms with Gasteiger partial charge in [0.25, 0.3) is 0 Å². The van der Waals surface area contributed by atoms with Crippen molar-refractivity contribution < 1.29 is 0 Å². The molecule has 0 radical (unpaired) electrons. The van der Waals surface area contributed by atoms with Crippen LogP contribution in [-0.2, 0) is 0 Å². The van der Waals surface area contributed by atoms with Gasteiger partial charge in [0.05, 0.1) is 10.4 Å². The number of hydrogen-bond acceptors (Lipinski definition) is 4. The SMILES string of the molecule is Cl.N/N=C(/N)c1cncs1. The molecule has 0 fully saturated rings. The van der Waals surface area contributed by atoms with Crippen molar-refractivity contribution in [3.63, 3.8) is 0 Å². The van der Waals surface area contributed by atoms with E-state index in [1.54, 1.807) is 11.7 Å². The van der Waals surface area contributed by atoms with Crippen molar-refractivity contribution in [1.82, 2.24) is 4.98 Å². The predicted molar refractivity (Wildman–Crippen MR) is 44.3 cm³/mol. The Morgan fingerprint density at radius 1 is 1.70 bits per heavy atom. The number of nitrogens with zero attached hydrogens (tertiary/aromatic N) is 2. The molecule has 6 heteroatoms. The van der Waals surface area contributed by atoms with Gasteiger partial charge in [-0.05, 0) is 0 Å². The Labute approximate surface area is 68.4 Å². The van der Waals surface area contributed by atoms with E-state index < -0.39 is 0 Å². The van der Waals surface area contributed by atoms with Gasteiger partial charge in [-0.3, -0.25) is 4.98 Å². The Balaban J connectivity index is 0.000000810. The lowest BCUT2D eigenvalue weighted by Gasteiger charge is -1.87. The third-order valence-corrected chi connectivity index (χ3v) is 1.62. The van der Waals surface area contributed by atoms with Crippen LogP contribution in [0.15, 0.2) is 16.8 Å². The number of aromatic nitrogens is 1. The molecule has 4 N–H and O–H groups in total. The second-order valence-electron chi connectivity index (χ2n) is 1.38. The van der Waals surface area contributed by atoms with E-state index >= 15 is 0 Å². The monoisotopic (exact) mass is 178 g/mol. The highest BCUT2D eigenvalue weighted by Gasteiger charge is 1.96. The summed E-state index contributed by atoms with van der Waals surface area (Å²) in [5.41, 5.74) is 7.01. The molecular formula is C4H7ClN4S. The molecule has 0 aliphatic rings. The highest BCUT2D eigenvalue weighted by molar-refractivity contribution is 7.11. The van der Waals surface area contributed by atoms with Gasteiger partial charge in [0.1, 0.15) is 0 Å². The largest absolute Gasteiger partial charge is 0.381 e. The summed E-state index contributed by atoms with van der Waals surface area (Å²) < 4.78 is 0. The molecule has 0 bridgehead atoms. The lowest BCUT2D eigenvalue weighted by atomic mass is 10.5. The zero-order chi connectivity index (χ0) is 6.69. The fourth-order valence-corrected chi connectivity index (χ4v) is 0.936. The maximum absolute atomic E-state index is 5.33. The van der Waals surface area contributed by atoms with Gasteiger partial charge in [-0.1, -0.05) is 0 Å². The second kappa shape index (κ2) is 4.08. The molecule has 1 aromatic rings. The van der Waals surface area contributed by atoms with Gasteiger partial charge in [-0.25, -0.2) is 0 Å². The molecule has 4 nitrogen and oxygen atoms in total. The lowest BCUT2D eigenvalue weighted by Crippen LogP contribution is -2.13. The summed E-state index contributed by atoms with van der Waals surface area (Å²) in [4.78, 5) is 4.60. The van der Waals surface area contributed by atoms with Crippen LogP contribution in [-0.4, -0.2) is 10.8 Å². The van der Waals surface area contributed by atoms with Crippen LogP contribution >= 0.6 is 23.7 Å². The van der Waals surface area contributed by atoms with Gasteiger partial charge in [-0.2, -0.15) is 5.10 Å².